The van der Waals surface area contributed by atoms with Crippen LogP contribution in [0.3, 0.4) is 0 Å². The van der Waals surface area contributed by atoms with Crippen LogP contribution in [0, 0.1) is 0 Å². The molecule has 0 radical (unpaired) electrons. The van der Waals surface area contributed by atoms with Crippen molar-refractivity contribution in [3.63, 3.8) is 0 Å². The first-order valence-electron chi connectivity index (χ1n) is 35.5. The Bertz CT molecular complexity index is 1380. The number of hydrogen-bond acceptors (Lipinski definition) is 8. The quantitative estimate of drug-likeness (QED) is 0.0195. The van der Waals surface area contributed by atoms with Gasteiger partial charge in [0.05, 0.1) is 40.3 Å². The molecule has 0 aromatic carbocycles. The van der Waals surface area contributed by atoms with Gasteiger partial charge in [-0.3, -0.25) is 9.59 Å². The van der Waals surface area contributed by atoms with Crippen molar-refractivity contribution in [2.45, 2.75) is 373 Å². The molecule has 81 heavy (non-hydrogen) atoms. The van der Waals surface area contributed by atoms with E-state index in [0.29, 0.717) is 23.9 Å². The number of carbonyl (C=O) groups is 3. The smallest absolute Gasteiger partial charge is 0.306 e. The van der Waals surface area contributed by atoms with Gasteiger partial charge < -0.3 is 33.3 Å². The van der Waals surface area contributed by atoms with Crippen LogP contribution in [-0.4, -0.2) is 82.3 Å². The number of hydrogen-bond donors (Lipinski definition) is 0. The van der Waals surface area contributed by atoms with Crippen molar-refractivity contribution in [3.05, 3.63) is 24.3 Å². The minimum absolute atomic E-state index is 0.147. The molecule has 0 aromatic heterocycles. The molecule has 9 heteroatoms. The lowest BCUT2D eigenvalue weighted by molar-refractivity contribution is -0.870. The Morgan fingerprint density at radius 1 is 0.370 bits per heavy atom. The van der Waals surface area contributed by atoms with Gasteiger partial charge in [0.2, 0.25) is 0 Å². The van der Waals surface area contributed by atoms with Crippen LogP contribution in [0.2, 0.25) is 0 Å². The van der Waals surface area contributed by atoms with Crippen molar-refractivity contribution in [1.29, 1.82) is 0 Å². The summed E-state index contributed by atoms with van der Waals surface area (Å²) in [6.07, 6.45) is 75.9. The Kier molecular flexibility index (Phi) is 62.0. The van der Waals surface area contributed by atoms with Gasteiger partial charge in [0, 0.05) is 12.8 Å². The van der Waals surface area contributed by atoms with Crippen LogP contribution in [0.4, 0.5) is 0 Å². The van der Waals surface area contributed by atoms with Gasteiger partial charge in [0.1, 0.15) is 13.2 Å². The SMILES string of the molecule is CCCCC/C=C\C/C=C\CCCCCCCC(=O)OC(COC(=O)CCCCCCCCCCCCCCCCCCCCCCCCCCCCCCCCCCCCCCCCCCC)COC(OCC[N+](C)(C)C)C(=O)[O-]. The summed E-state index contributed by atoms with van der Waals surface area (Å²) in [5, 5.41) is 11.8. The molecule has 0 saturated heterocycles. The van der Waals surface area contributed by atoms with Gasteiger partial charge in [-0.1, -0.05) is 327 Å². The zero-order valence-corrected chi connectivity index (χ0v) is 54.7. The molecule has 0 fully saturated rings. The van der Waals surface area contributed by atoms with Crippen molar-refractivity contribution in [1.82, 2.24) is 0 Å². The van der Waals surface area contributed by atoms with E-state index in [9.17, 15) is 19.5 Å². The van der Waals surface area contributed by atoms with E-state index in [-0.39, 0.29) is 32.2 Å². The van der Waals surface area contributed by atoms with Gasteiger partial charge in [-0.15, -0.1) is 0 Å². The molecule has 0 aliphatic rings. The average Bonchev–Trinajstić information content (AvgIpc) is 3.44. The maximum atomic E-state index is 12.8. The first-order chi connectivity index (χ1) is 39.6. The molecule has 0 bridgehead atoms. The number of carboxylic acid groups (broad SMARTS) is 1. The van der Waals surface area contributed by atoms with E-state index in [1.165, 1.54) is 270 Å². The highest BCUT2D eigenvalue weighted by atomic mass is 16.7. The molecule has 0 aliphatic heterocycles. The normalized spacial score (nSPS) is 12.8. The maximum Gasteiger partial charge on any atom is 0.306 e. The Morgan fingerprint density at radius 3 is 1.00 bits per heavy atom. The van der Waals surface area contributed by atoms with Crippen molar-refractivity contribution in [3.8, 4) is 0 Å². The highest BCUT2D eigenvalue weighted by molar-refractivity contribution is 5.70. The third-order valence-electron chi connectivity index (χ3n) is 16.2. The van der Waals surface area contributed by atoms with Crippen molar-refractivity contribution in [2.75, 3.05) is 47.5 Å². The van der Waals surface area contributed by atoms with E-state index in [0.717, 1.165) is 57.8 Å². The predicted octanol–water partition coefficient (Wildman–Crippen LogP) is 20.5. The number of allylic oxidation sites excluding steroid dienone is 4. The Labute approximate surface area is 503 Å². The summed E-state index contributed by atoms with van der Waals surface area (Å²) < 4.78 is 22.7. The number of esters is 2. The standard InChI is InChI=1S/C72H137NO8/c1-6-8-10-12-14-16-18-20-22-23-24-25-26-27-28-29-30-31-32-33-34-35-36-37-38-39-40-41-42-43-44-45-46-47-49-50-52-54-56-58-60-62-69(74)79-66-68(67-80-72(71(76)77)78-65-64-73(3,4)5)81-70(75)63-61-59-57-55-53-51-48-21-19-17-15-13-11-9-7-2/h15,17,21,48,68,72H,6-14,16,18-20,22-47,49-67H2,1-5H3/b17-15-,48-21-. The van der Waals surface area contributed by atoms with E-state index in [1.807, 2.05) is 21.1 Å². The summed E-state index contributed by atoms with van der Waals surface area (Å²) in [6.45, 7) is 4.76. The Balaban J connectivity index is 3.85. The Hall–Kier alpha value is -2.23. The summed E-state index contributed by atoms with van der Waals surface area (Å²) in [5.74, 6) is -2.28. The summed E-state index contributed by atoms with van der Waals surface area (Å²) in [6, 6.07) is 0. The van der Waals surface area contributed by atoms with Crippen LogP contribution in [0.1, 0.15) is 361 Å². The number of ether oxygens (including phenoxy) is 4. The monoisotopic (exact) mass is 1140 g/mol. The fourth-order valence-electron chi connectivity index (χ4n) is 10.7. The van der Waals surface area contributed by atoms with E-state index in [2.05, 4.69) is 38.2 Å². The number of nitrogens with zero attached hydrogens (tertiary/aromatic N) is 1. The minimum atomic E-state index is -1.62. The van der Waals surface area contributed by atoms with Crippen LogP contribution >= 0.6 is 0 Å². The third kappa shape index (κ3) is 65.2. The minimum Gasteiger partial charge on any atom is -0.545 e. The molecule has 0 saturated carbocycles. The van der Waals surface area contributed by atoms with E-state index in [4.69, 9.17) is 18.9 Å². The van der Waals surface area contributed by atoms with Crippen LogP contribution in [0.25, 0.3) is 0 Å². The highest BCUT2D eigenvalue weighted by Crippen LogP contribution is 2.19. The second-order valence-electron chi connectivity index (χ2n) is 25.5. The second kappa shape index (κ2) is 63.8. The van der Waals surface area contributed by atoms with E-state index >= 15 is 0 Å². The molecule has 2 unspecified atom stereocenters. The number of quaternary nitrogens is 1. The van der Waals surface area contributed by atoms with E-state index in [1.54, 1.807) is 0 Å². The van der Waals surface area contributed by atoms with Crippen LogP contribution in [0.15, 0.2) is 24.3 Å². The van der Waals surface area contributed by atoms with Crippen LogP contribution in [0.5, 0.6) is 0 Å². The van der Waals surface area contributed by atoms with Crippen molar-refractivity contribution < 1.29 is 42.9 Å². The summed E-state index contributed by atoms with van der Waals surface area (Å²) in [4.78, 5) is 37.3. The summed E-state index contributed by atoms with van der Waals surface area (Å²) in [7, 11) is 5.93. The molecule has 0 N–H and O–H groups in total. The van der Waals surface area contributed by atoms with Gasteiger partial charge in [-0.25, -0.2) is 0 Å². The molecular weight excluding hydrogens is 1010 g/mol. The first kappa shape index (κ1) is 78.8. The molecule has 0 amide bonds. The Morgan fingerprint density at radius 2 is 0.667 bits per heavy atom. The first-order valence-corrected chi connectivity index (χ1v) is 35.5. The average molecular weight is 1140 g/mol. The van der Waals surface area contributed by atoms with Gasteiger partial charge in [0.15, 0.2) is 12.4 Å². The number of carboxylic acids is 1. The predicted molar refractivity (Wildman–Crippen MR) is 343 cm³/mol. The van der Waals surface area contributed by atoms with Crippen molar-refractivity contribution in [2.24, 2.45) is 0 Å². The molecule has 2 atom stereocenters. The lowest BCUT2D eigenvalue weighted by atomic mass is 10.0. The fourth-order valence-corrected chi connectivity index (χ4v) is 10.7. The fraction of sp³-hybridized carbons (Fsp3) is 0.903. The number of unbranched alkanes of at least 4 members (excludes halogenated alkanes) is 48. The van der Waals surface area contributed by atoms with Crippen molar-refractivity contribution >= 4 is 17.9 Å². The lowest BCUT2D eigenvalue weighted by Crippen LogP contribution is -2.44. The lowest BCUT2D eigenvalue weighted by Gasteiger charge is -2.26. The number of likely N-dealkylation sites (N-methyl/N-ethyl adjacent to an activating group) is 1. The zero-order chi connectivity index (χ0) is 59.1. The van der Waals surface area contributed by atoms with Crippen LogP contribution < -0.4 is 5.11 Å². The molecule has 0 heterocycles. The van der Waals surface area contributed by atoms with Gasteiger partial charge in [-0.2, -0.15) is 0 Å². The van der Waals surface area contributed by atoms with Gasteiger partial charge in [-0.05, 0) is 44.9 Å². The van der Waals surface area contributed by atoms with Gasteiger partial charge >= 0.3 is 11.9 Å². The summed E-state index contributed by atoms with van der Waals surface area (Å²) >= 11 is 0. The second-order valence-corrected chi connectivity index (χ2v) is 25.5. The zero-order valence-electron chi connectivity index (χ0n) is 54.7. The molecule has 0 aliphatic carbocycles. The number of carbonyl (C=O) groups excluding carboxylic acids is 3. The molecule has 0 spiro atoms. The largest absolute Gasteiger partial charge is 0.545 e. The molecule has 478 valence electrons. The highest BCUT2D eigenvalue weighted by Gasteiger charge is 2.22. The number of aliphatic carboxylic acids is 1. The van der Waals surface area contributed by atoms with E-state index < -0.39 is 24.3 Å². The summed E-state index contributed by atoms with van der Waals surface area (Å²) in [5.41, 5.74) is 0. The molecular formula is C72H137NO8. The topological polar surface area (TPSA) is 111 Å². The molecule has 0 rings (SSSR count). The third-order valence-corrected chi connectivity index (χ3v) is 16.2. The van der Waals surface area contributed by atoms with Crippen LogP contribution in [-0.2, 0) is 33.3 Å². The van der Waals surface area contributed by atoms with Gasteiger partial charge in [0.25, 0.3) is 0 Å². The molecule has 0 aromatic rings. The molecule has 9 nitrogen and oxygen atoms in total. The maximum absolute atomic E-state index is 12.8. The number of rotatable bonds is 67.